The number of nitrogens with zero attached hydrogens (tertiary/aromatic N) is 3. The maximum absolute atomic E-state index is 8.25. The average Bonchev–Trinajstić information content (AvgIpc) is 2.05. The molecule has 0 radical (unpaired) electrons. The second kappa shape index (κ2) is 6.08. The highest BCUT2D eigenvalue weighted by molar-refractivity contribution is 5.35. The lowest BCUT2D eigenvalue weighted by Gasteiger charge is -1.77. The Morgan fingerprint density at radius 1 is 1.18 bits per heavy atom. The van der Waals surface area contributed by atoms with Crippen molar-refractivity contribution in [1.29, 1.82) is 15.8 Å². The average molecular weight is 143 g/mol. The molecule has 52 valence electrons. The van der Waals surface area contributed by atoms with Crippen molar-refractivity contribution in [3.8, 4) is 18.2 Å². The molecule has 0 aliphatic heterocycles. The summed E-state index contributed by atoms with van der Waals surface area (Å²) in [5, 5.41) is 24.6. The van der Waals surface area contributed by atoms with Gasteiger partial charge in [-0.25, -0.2) is 0 Å². The van der Waals surface area contributed by atoms with E-state index in [-0.39, 0.29) is 5.57 Å². The zero-order chi connectivity index (χ0) is 8.53. The molecule has 0 heterocycles. The summed E-state index contributed by atoms with van der Waals surface area (Å²) >= 11 is 0. The molecule has 0 bridgehead atoms. The van der Waals surface area contributed by atoms with Crippen LogP contribution in [0.4, 0.5) is 0 Å². The predicted molar refractivity (Wildman–Crippen MR) is 38.7 cm³/mol. The molecule has 0 aromatic heterocycles. The van der Waals surface area contributed by atoms with Gasteiger partial charge in [-0.05, 0) is 6.42 Å². The Balaban J connectivity index is 3.98. The summed E-state index contributed by atoms with van der Waals surface area (Å²) in [6.07, 6.45) is 4.80. The van der Waals surface area contributed by atoms with Crippen molar-refractivity contribution in [3.63, 3.8) is 0 Å². The minimum atomic E-state index is 0.0765. The van der Waals surface area contributed by atoms with Crippen LogP contribution >= 0.6 is 0 Å². The van der Waals surface area contributed by atoms with Gasteiger partial charge in [-0.3, -0.25) is 0 Å². The van der Waals surface area contributed by atoms with Crippen molar-refractivity contribution >= 4 is 0 Å². The first kappa shape index (κ1) is 8.95. The minimum absolute atomic E-state index is 0.0765. The molecule has 3 heteroatoms. The van der Waals surface area contributed by atoms with Gasteiger partial charge >= 0.3 is 0 Å². The van der Waals surface area contributed by atoms with Gasteiger partial charge in [0.25, 0.3) is 0 Å². The van der Waals surface area contributed by atoms with E-state index in [1.54, 1.807) is 24.3 Å². The van der Waals surface area contributed by atoms with Crippen molar-refractivity contribution in [2.45, 2.75) is 6.42 Å². The van der Waals surface area contributed by atoms with Gasteiger partial charge < -0.3 is 0 Å². The Hall–Kier alpha value is -2.05. The zero-order valence-corrected chi connectivity index (χ0v) is 5.78. The van der Waals surface area contributed by atoms with Gasteiger partial charge in [0.05, 0.1) is 6.07 Å². The minimum Gasteiger partial charge on any atom is -0.193 e. The van der Waals surface area contributed by atoms with Gasteiger partial charge in [0.1, 0.15) is 17.7 Å². The van der Waals surface area contributed by atoms with Crippen LogP contribution in [0, 0.1) is 34.0 Å². The van der Waals surface area contributed by atoms with Crippen LogP contribution in [-0.2, 0) is 0 Å². The van der Waals surface area contributed by atoms with Crippen LogP contribution in [0.25, 0.3) is 0 Å². The number of allylic oxidation sites excluding steroid dienone is 4. The van der Waals surface area contributed by atoms with Gasteiger partial charge in [0.15, 0.2) is 0 Å². The Bertz CT molecular complexity index is 275. The van der Waals surface area contributed by atoms with Crippen LogP contribution in [0.1, 0.15) is 6.42 Å². The summed E-state index contributed by atoms with van der Waals surface area (Å²) in [6.45, 7) is 0. The monoisotopic (exact) mass is 143 g/mol. The van der Waals surface area contributed by atoms with Crippen LogP contribution in [0.2, 0.25) is 0 Å². The lowest BCUT2D eigenvalue weighted by atomic mass is 10.2. The molecular weight excluding hydrogens is 138 g/mol. The molecule has 0 aromatic rings. The molecule has 0 saturated heterocycles. The molecule has 0 fully saturated rings. The highest BCUT2D eigenvalue weighted by Crippen LogP contribution is 1.93. The third-order valence-electron chi connectivity index (χ3n) is 0.891. The fraction of sp³-hybridized carbons (Fsp3) is 0.125. The third-order valence-corrected chi connectivity index (χ3v) is 0.891. The highest BCUT2D eigenvalue weighted by atomic mass is 14.3. The second-order valence-corrected chi connectivity index (χ2v) is 1.61. The standard InChI is InChI=1S/C8H5N3/c9-5-3-1-2-4-8(6-10)7-11/h1,3-4H,2H2. The molecular formula is C8H5N3. The van der Waals surface area contributed by atoms with E-state index in [1.165, 1.54) is 12.2 Å². The van der Waals surface area contributed by atoms with Crippen molar-refractivity contribution in [2.75, 3.05) is 0 Å². The van der Waals surface area contributed by atoms with E-state index >= 15 is 0 Å². The normalized spacial score (nSPS) is 7.73. The Morgan fingerprint density at radius 2 is 1.82 bits per heavy atom. The summed E-state index contributed by atoms with van der Waals surface area (Å²) in [4.78, 5) is 0. The van der Waals surface area contributed by atoms with Crippen LogP contribution < -0.4 is 0 Å². The van der Waals surface area contributed by atoms with Crippen molar-refractivity contribution in [2.24, 2.45) is 0 Å². The van der Waals surface area contributed by atoms with Crippen molar-refractivity contribution < 1.29 is 0 Å². The van der Waals surface area contributed by atoms with Crippen LogP contribution in [0.3, 0.4) is 0 Å². The predicted octanol–water partition coefficient (Wildman–Crippen LogP) is 1.43. The van der Waals surface area contributed by atoms with E-state index in [9.17, 15) is 0 Å². The van der Waals surface area contributed by atoms with E-state index < -0.39 is 0 Å². The SMILES string of the molecule is N#CC=CCC=C(C#N)C#N. The van der Waals surface area contributed by atoms with Crippen molar-refractivity contribution in [1.82, 2.24) is 0 Å². The van der Waals surface area contributed by atoms with E-state index in [1.807, 2.05) is 0 Å². The molecule has 0 aliphatic carbocycles. The van der Waals surface area contributed by atoms with Gasteiger partial charge in [-0.15, -0.1) is 0 Å². The molecule has 0 unspecified atom stereocenters. The first-order chi connectivity index (χ1) is 5.35. The Morgan fingerprint density at radius 3 is 2.27 bits per heavy atom. The van der Waals surface area contributed by atoms with E-state index in [4.69, 9.17) is 15.8 Å². The largest absolute Gasteiger partial charge is 0.193 e. The highest BCUT2D eigenvalue weighted by Gasteiger charge is 1.86. The van der Waals surface area contributed by atoms with E-state index in [0.29, 0.717) is 6.42 Å². The summed E-state index contributed by atoms with van der Waals surface area (Å²) in [7, 11) is 0. The van der Waals surface area contributed by atoms with E-state index in [0.717, 1.165) is 0 Å². The fourth-order valence-electron chi connectivity index (χ4n) is 0.423. The van der Waals surface area contributed by atoms with Crippen molar-refractivity contribution in [3.05, 3.63) is 23.8 Å². The van der Waals surface area contributed by atoms with Gasteiger partial charge in [-0.2, -0.15) is 15.8 Å². The lowest BCUT2D eigenvalue weighted by Crippen LogP contribution is -1.69. The molecule has 0 aromatic carbocycles. The van der Waals surface area contributed by atoms with Crippen LogP contribution in [0.15, 0.2) is 23.8 Å². The number of nitriles is 3. The van der Waals surface area contributed by atoms with Gasteiger partial charge in [0, 0.05) is 6.08 Å². The maximum atomic E-state index is 8.25. The van der Waals surface area contributed by atoms with Gasteiger partial charge in [-0.1, -0.05) is 12.2 Å². The van der Waals surface area contributed by atoms with Gasteiger partial charge in [0.2, 0.25) is 0 Å². The molecule has 0 rings (SSSR count). The lowest BCUT2D eigenvalue weighted by molar-refractivity contribution is 1.35. The Labute approximate surface area is 65.1 Å². The second-order valence-electron chi connectivity index (χ2n) is 1.61. The van der Waals surface area contributed by atoms with E-state index in [2.05, 4.69) is 0 Å². The Kier molecular flexibility index (Phi) is 4.94. The topological polar surface area (TPSA) is 71.4 Å². The molecule has 0 atom stereocenters. The van der Waals surface area contributed by atoms with Crippen LogP contribution in [0.5, 0.6) is 0 Å². The number of hydrogen-bond acceptors (Lipinski definition) is 3. The molecule has 0 amide bonds. The third kappa shape index (κ3) is 4.45. The van der Waals surface area contributed by atoms with Crippen LogP contribution in [-0.4, -0.2) is 0 Å². The molecule has 0 aliphatic rings. The zero-order valence-electron chi connectivity index (χ0n) is 5.78. The smallest absolute Gasteiger partial charge is 0.126 e. The molecule has 0 spiro atoms. The summed E-state index contributed by atoms with van der Waals surface area (Å²) in [5.74, 6) is 0. The summed E-state index contributed by atoms with van der Waals surface area (Å²) in [5.41, 5.74) is 0.0765. The molecule has 0 saturated carbocycles. The number of rotatable bonds is 2. The first-order valence-electron chi connectivity index (χ1n) is 2.90. The molecule has 0 N–H and O–H groups in total. The molecule has 11 heavy (non-hydrogen) atoms. The quantitative estimate of drug-likeness (QED) is 0.549. The number of hydrogen-bond donors (Lipinski definition) is 0. The molecule has 3 nitrogen and oxygen atoms in total. The maximum Gasteiger partial charge on any atom is 0.126 e. The summed E-state index contributed by atoms with van der Waals surface area (Å²) in [6, 6.07) is 5.23. The summed E-state index contributed by atoms with van der Waals surface area (Å²) < 4.78 is 0. The fourth-order valence-corrected chi connectivity index (χ4v) is 0.423. The first-order valence-corrected chi connectivity index (χ1v) is 2.90.